The molecular formula is C15H14F2N2O. The van der Waals surface area contributed by atoms with Crippen molar-refractivity contribution in [3.63, 3.8) is 0 Å². The molecule has 1 amide bonds. The normalized spacial score (nSPS) is 11.9. The SMILES string of the molecule is NCC(C(=O)Nc1cc(F)cc(F)c1)c1ccccc1. The number of hydrogen-bond acceptors (Lipinski definition) is 2. The molecule has 0 saturated heterocycles. The Hall–Kier alpha value is -2.27. The first-order valence-electron chi connectivity index (χ1n) is 6.12. The van der Waals surface area contributed by atoms with Gasteiger partial charge in [-0.3, -0.25) is 4.79 Å². The van der Waals surface area contributed by atoms with Crippen molar-refractivity contribution in [1.29, 1.82) is 0 Å². The van der Waals surface area contributed by atoms with E-state index in [-0.39, 0.29) is 12.2 Å². The quantitative estimate of drug-likeness (QED) is 0.902. The first-order chi connectivity index (χ1) is 9.60. The van der Waals surface area contributed by atoms with E-state index in [1.165, 1.54) is 0 Å². The van der Waals surface area contributed by atoms with Crippen LogP contribution in [0, 0.1) is 11.6 Å². The third-order valence-corrected chi connectivity index (χ3v) is 2.88. The number of nitrogens with one attached hydrogen (secondary N) is 1. The van der Waals surface area contributed by atoms with E-state index in [1.807, 2.05) is 6.07 Å². The fourth-order valence-corrected chi connectivity index (χ4v) is 1.94. The van der Waals surface area contributed by atoms with Gasteiger partial charge in [-0.05, 0) is 17.7 Å². The Bertz CT molecular complexity index is 582. The Morgan fingerprint density at radius 2 is 1.70 bits per heavy atom. The average Bonchev–Trinajstić information content (AvgIpc) is 2.39. The second kappa shape index (κ2) is 6.25. The molecular weight excluding hydrogens is 262 g/mol. The molecule has 20 heavy (non-hydrogen) atoms. The largest absolute Gasteiger partial charge is 0.329 e. The number of benzene rings is 2. The highest BCUT2D eigenvalue weighted by molar-refractivity contribution is 5.96. The van der Waals surface area contributed by atoms with Crippen LogP contribution in [0.15, 0.2) is 48.5 Å². The van der Waals surface area contributed by atoms with Crippen molar-refractivity contribution in [3.05, 3.63) is 65.7 Å². The lowest BCUT2D eigenvalue weighted by molar-refractivity contribution is -0.117. The van der Waals surface area contributed by atoms with E-state index in [2.05, 4.69) is 5.32 Å². The van der Waals surface area contributed by atoms with Crippen LogP contribution in [0.25, 0.3) is 0 Å². The van der Waals surface area contributed by atoms with Gasteiger partial charge in [-0.25, -0.2) is 8.78 Å². The van der Waals surface area contributed by atoms with Crippen LogP contribution in [0.5, 0.6) is 0 Å². The van der Waals surface area contributed by atoms with Crippen molar-refractivity contribution in [2.75, 3.05) is 11.9 Å². The molecule has 0 spiro atoms. The third-order valence-electron chi connectivity index (χ3n) is 2.88. The Kier molecular flexibility index (Phi) is 4.42. The minimum atomic E-state index is -0.746. The van der Waals surface area contributed by atoms with Gasteiger partial charge in [-0.2, -0.15) is 0 Å². The monoisotopic (exact) mass is 276 g/mol. The van der Waals surface area contributed by atoms with Crippen LogP contribution < -0.4 is 11.1 Å². The first kappa shape index (κ1) is 14.1. The van der Waals surface area contributed by atoms with E-state index in [9.17, 15) is 13.6 Å². The molecule has 0 aliphatic rings. The molecule has 1 atom stereocenters. The molecule has 3 N–H and O–H groups in total. The fourth-order valence-electron chi connectivity index (χ4n) is 1.94. The summed E-state index contributed by atoms with van der Waals surface area (Å²) in [6.45, 7) is 0.105. The van der Waals surface area contributed by atoms with Crippen molar-refractivity contribution in [3.8, 4) is 0 Å². The lowest BCUT2D eigenvalue weighted by Gasteiger charge is -2.15. The van der Waals surface area contributed by atoms with Crippen LogP contribution in [-0.2, 0) is 4.79 Å². The molecule has 2 aromatic rings. The number of carbonyl (C=O) groups is 1. The molecule has 0 aliphatic carbocycles. The minimum Gasteiger partial charge on any atom is -0.329 e. The molecule has 3 nitrogen and oxygen atoms in total. The number of anilines is 1. The fraction of sp³-hybridized carbons (Fsp3) is 0.133. The molecule has 0 aromatic heterocycles. The summed E-state index contributed by atoms with van der Waals surface area (Å²) in [6, 6.07) is 11.8. The summed E-state index contributed by atoms with van der Waals surface area (Å²) in [4.78, 5) is 12.1. The number of carbonyl (C=O) groups excluding carboxylic acids is 1. The average molecular weight is 276 g/mol. The second-order valence-electron chi connectivity index (χ2n) is 4.35. The maximum Gasteiger partial charge on any atom is 0.233 e. The topological polar surface area (TPSA) is 55.1 Å². The zero-order valence-corrected chi connectivity index (χ0v) is 10.6. The second-order valence-corrected chi connectivity index (χ2v) is 4.35. The van der Waals surface area contributed by atoms with Crippen molar-refractivity contribution < 1.29 is 13.6 Å². The van der Waals surface area contributed by atoms with Crippen LogP contribution >= 0.6 is 0 Å². The van der Waals surface area contributed by atoms with Crippen molar-refractivity contribution in [2.45, 2.75) is 5.92 Å². The number of nitrogens with two attached hydrogens (primary N) is 1. The molecule has 0 saturated carbocycles. The van der Waals surface area contributed by atoms with Gasteiger partial charge in [0.25, 0.3) is 0 Å². The highest BCUT2D eigenvalue weighted by Crippen LogP contribution is 2.18. The van der Waals surface area contributed by atoms with Crippen LogP contribution in [-0.4, -0.2) is 12.5 Å². The third kappa shape index (κ3) is 3.39. The standard InChI is InChI=1S/C15H14F2N2O/c16-11-6-12(17)8-13(7-11)19-15(20)14(9-18)10-4-2-1-3-5-10/h1-8,14H,9,18H2,(H,19,20). The van der Waals surface area contributed by atoms with Crippen LogP contribution in [0.1, 0.15) is 11.5 Å². The van der Waals surface area contributed by atoms with Gasteiger partial charge < -0.3 is 11.1 Å². The van der Waals surface area contributed by atoms with Crippen LogP contribution in [0.3, 0.4) is 0 Å². The molecule has 2 rings (SSSR count). The lowest BCUT2D eigenvalue weighted by atomic mass is 9.98. The summed E-state index contributed by atoms with van der Waals surface area (Å²) in [6.07, 6.45) is 0. The number of hydrogen-bond donors (Lipinski definition) is 2. The Morgan fingerprint density at radius 3 is 2.25 bits per heavy atom. The lowest BCUT2D eigenvalue weighted by Crippen LogP contribution is -2.27. The van der Waals surface area contributed by atoms with Gasteiger partial charge in [-0.1, -0.05) is 30.3 Å². The Balaban J connectivity index is 2.18. The molecule has 1 unspecified atom stereocenters. The van der Waals surface area contributed by atoms with Crippen molar-refractivity contribution >= 4 is 11.6 Å². The van der Waals surface area contributed by atoms with E-state index >= 15 is 0 Å². The van der Waals surface area contributed by atoms with Gasteiger partial charge in [0.2, 0.25) is 5.91 Å². The van der Waals surface area contributed by atoms with Crippen LogP contribution in [0.2, 0.25) is 0 Å². The summed E-state index contributed by atoms with van der Waals surface area (Å²) < 4.78 is 26.1. The summed E-state index contributed by atoms with van der Waals surface area (Å²) in [5, 5.41) is 2.47. The molecule has 0 heterocycles. The summed E-state index contributed by atoms with van der Waals surface area (Å²) in [7, 11) is 0. The van der Waals surface area contributed by atoms with E-state index in [1.54, 1.807) is 24.3 Å². The first-order valence-corrected chi connectivity index (χ1v) is 6.12. The van der Waals surface area contributed by atoms with Gasteiger partial charge >= 0.3 is 0 Å². The molecule has 0 fully saturated rings. The van der Waals surface area contributed by atoms with E-state index < -0.39 is 23.5 Å². The maximum atomic E-state index is 13.1. The maximum absolute atomic E-state index is 13.1. The minimum absolute atomic E-state index is 0.0712. The number of halogens is 2. The Labute approximate surface area is 115 Å². The molecule has 104 valence electrons. The van der Waals surface area contributed by atoms with Gasteiger partial charge in [0.1, 0.15) is 11.6 Å². The van der Waals surface area contributed by atoms with Crippen LogP contribution in [0.4, 0.5) is 14.5 Å². The predicted molar refractivity (Wildman–Crippen MR) is 73.2 cm³/mol. The van der Waals surface area contributed by atoms with Crippen molar-refractivity contribution in [2.24, 2.45) is 5.73 Å². The van der Waals surface area contributed by atoms with Gasteiger partial charge in [0.15, 0.2) is 0 Å². The van der Waals surface area contributed by atoms with Gasteiger partial charge in [0, 0.05) is 18.3 Å². The number of amides is 1. The zero-order valence-electron chi connectivity index (χ0n) is 10.6. The molecule has 0 radical (unpaired) electrons. The molecule has 5 heteroatoms. The molecule has 0 bridgehead atoms. The van der Waals surface area contributed by atoms with E-state index in [0.717, 1.165) is 23.8 Å². The Morgan fingerprint density at radius 1 is 1.10 bits per heavy atom. The highest BCUT2D eigenvalue weighted by Gasteiger charge is 2.19. The smallest absolute Gasteiger partial charge is 0.233 e. The van der Waals surface area contributed by atoms with Crippen molar-refractivity contribution in [1.82, 2.24) is 0 Å². The highest BCUT2D eigenvalue weighted by atomic mass is 19.1. The summed E-state index contributed by atoms with van der Waals surface area (Å²) in [5.74, 6) is -2.46. The zero-order chi connectivity index (χ0) is 14.5. The molecule has 2 aromatic carbocycles. The predicted octanol–water partition coefficient (Wildman–Crippen LogP) is 2.65. The summed E-state index contributed by atoms with van der Waals surface area (Å²) >= 11 is 0. The number of rotatable bonds is 4. The summed E-state index contributed by atoms with van der Waals surface area (Å²) in [5.41, 5.74) is 6.44. The van der Waals surface area contributed by atoms with Gasteiger partial charge in [-0.15, -0.1) is 0 Å². The van der Waals surface area contributed by atoms with E-state index in [0.29, 0.717) is 0 Å². The van der Waals surface area contributed by atoms with E-state index in [4.69, 9.17) is 5.73 Å². The molecule has 0 aliphatic heterocycles. The van der Waals surface area contributed by atoms with Gasteiger partial charge in [0.05, 0.1) is 5.92 Å².